The van der Waals surface area contributed by atoms with Gasteiger partial charge in [-0.05, 0) is 32.9 Å². The van der Waals surface area contributed by atoms with Gasteiger partial charge in [0.15, 0.2) is 0 Å². The molecule has 1 amide bonds. The van der Waals surface area contributed by atoms with Crippen LogP contribution < -0.4 is 5.32 Å². The highest BCUT2D eigenvalue weighted by molar-refractivity contribution is 5.81. The highest BCUT2D eigenvalue weighted by Crippen LogP contribution is 2.07. The Labute approximate surface area is 99.0 Å². The van der Waals surface area contributed by atoms with Crippen molar-refractivity contribution < 1.29 is 9.90 Å². The predicted molar refractivity (Wildman–Crippen MR) is 66.2 cm³/mol. The Morgan fingerprint density at radius 3 is 2.25 bits per heavy atom. The van der Waals surface area contributed by atoms with E-state index >= 15 is 0 Å². The fourth-order valence-electron chi connectivity index (χ4n) is 1.78. The number of amides is 1. The van der Waals surface area contributed by atoms with Crippen molar-refractivity contribution in [3.63, 3.8) is 0 Å². The third-order valence-corrected chi connectivity index (χ3v) is 2.89. The van der Waals surface area contributed by atoms with Gasteiger partial charge in [-0.15, -0.1) is 0 Å². The second-order valence-corrected chi connectivity index (χ2v) is 4.76. The van der Waals surface area contributed by atoms with Crippen LogP contribution >= 0.6 is 0 Å². The van der Waals surface area contributed by atoms with Crippen molar-refractivity contribution in [3.05, 3.63) is 0 Å². The molecule has 0 aliphatic carbocycles. The summed E-state index contributed by atoms with van der Waals surface area (Å²) in [5, 5.41) is 12.0. The normalized spacial score (nSPS) is 15.2. The largest absolute Gasteiger partial charge is 0.396 e. The van der Waals surface area contributed by atoms with E-state index in [1.54, 1.807) is 0 Å². The van der Waals surface area contributed by atoms with Crippen LogP contribution in [0.3, 0.4) is 0 Å². The summed E-state index contributed by atoms with van der Waals surface area (Å²) in [5.74, 6) is 0.399. The summed E-state index contributed by atoms with van der Waals surface area (Å²) >= 11 is 0. The van der Waals surface area contributed by atoms with Crippen LogP contribution in [0, 0.1) is 5.92 Å². The van der Waals surface area contributed by atoms with Gasteiger partial charge in [0, 0.05) is 12.6 Å². The minimum absolute atomic E-state index is 0.0552. The molecule has 2 N–H and O–H groups in total. The monoisotopic (exact) mass is 230 g/mol. The molecule has 0 rings (SSSR count). The number of carbonyl (C=O) groups excluding carboxylic acids is 1. The molecular weight excluding hydrogens is 204 g/mol. The summed E-state index contributed by atoms with van der Waals surface area (Å²) in [6.07, 6.45) is 1.41. The Morgan fingerprint density at radius 1 is 1.38 bits per heavy atom. The molecule has 0 fully saturated rings. The molecule has 4 heteroatoms. The lowest BCUT2D eigenvalue weighted by molar-refractivity contribution is -0.126. The second kappa shape index (κ2) is 7.63. The van der Waals surface area contributed by atoms with Crippen LogP contribution in [0.5, 0.6) is 0 Å². The molecule has 4 nitrogen and oxygen atoms in total. The number of aliphatic hydroxyl groups is 1. The third kappa shape index (κ3) is 4.94. The maximum atomic E-state index is 12.0. The molecule has 0 aliphatic heterocycles. The minimum Gasteiger partial charge on any atom is -0.396 e. The van der Waals surface area contributed by atoms with E-state index in [9.17, 15) is 4.79 Å². The molecule has 0 heterocycles. The standard InChI is InChI=1S/C12H26N2O2/c1-6-11(14(4)5)12(16)13-10(7-8-15)9(2)3/h9-11,15H,6-8H2,1-5H3,(H,13,16)/t10?,11-/m1/s1. The summed E-state index contributed by atoms with van der Waals surface area (Å²) in [5.41, 5.74) is 0. The number of nitrogens with zero attached hydrogens (tertiary/aromatic N) is 1. The van der Waals surface area contributed by atoms with E-state index in [1.807, 2.05) is 25.9 Å². The molecule has 2 atom stereocenters. The van der Waals surface area contributed by atoms with E-state index in [0.29, 0.717) is 12.3 Å². The first kappa shape index (κ1) is 15.4. The van der Waals surface area contributed by atoms with Crippen molar-refractivity contribution in [1.29, 1.82) is 0 Å². The van der Waals surface area contributed by atoms with Crippen molar-refractivity contribution in [1.82, 2.24) is 10.2 Å². The van der Waals surface area contributed by atoms with Gasteiger partial charge in [0.1, 0.15) is 0 Å². The number of nitrogens with one attached hydrogen (secondary N) is 1. The zero-order valence-corrected chi connectivity index (χ0v) is 11.2. The summed E-state index contributed by atoms with van der Waals surface area (Å²) < 4.78 is 0. The molecule has 0 bridgehead atoms. The van der Waals surface area contributed by atoms with Crippen LogP contribution in [0.1, 0.15) is 33.6 Å². The molecule has 96 valence electrons. The quantitative estimate of drug-likeness (QED) is 0.682. The van der Waals surface area contributed by atoms with E-state index in [4.69, 9.17) is 5.11 Å². The average molecular weight is 230 g/mol. The van der Waals surface area contributed by atoms with E-state index in [-0.39, 0.29) is 24.6 Å². The molecular formula is C12H26N2O2. The molecule has 0 saturated heterocycles. The molecule has 0 aliphatic rings. The molecule has 0 aromatic rings. The fourth-order valence-corrected chi connectivity index (χ4v) is 1.78. The average Bonchev–Trinajstić information content (AvgIpc) is 2.17. The van der Waals surface area contributed by atoms with Crippen LogP contribution in [0.2, 0.25) is 0 Å². The molecule has 0 aromatic heterocycles. The highest BCUT2D eigenvalue weighted by Gasteiger charge is 2.22. The summed E-state index contributed by atoms with van der Waals surface area (Å²) in [7, 11) is 3.81. The van der Waals surface area contributed by atoms with Crippen LogP contribution in [0.15, 0.2) is 0 Å². The number of rotatable bonds is 7. The Hall–Kier alpha value is -0.610. The second-order valence-electron chi connectivity index (χ2n) is 4.76. The minimum atomic E-state index is -0.0834. The van der Waals surface area contributed by atoms with E-state index in [0.717, 1.165) is 6.42 Å². The summed E-state index contributed by atoms with van der Waals surface area (Å²) in [4.78, 5) is 13.9. The van der Waals surface area contributed by atoms with Crippen molar-refractivity contribution in [2.75, 3.05) is 20.7 Å². The highest BCUT2D eigenvalue weighted by atomic mass is 16.3. The van der Waals surface area contributed by atoms with E-state index in [1.165, 1.54) is 0 Å². The summed E-state index contributed by atoms with van der Waals surface area (Å²) in [6.45, 7) is 6.22. The van der Waals surface area contributed by atoms with Crippen LogP contribution in [0.4, 0.5) is 0 Å². The van der Waals surface area contributed by atoms with Crippen LogP contribution in [0.25, 0.3) is 0 Å². The van der Waals surface area contributed by atoms with Gasteiger partial charge in [-0.3, -0.25) is 9.69 Å². The molecule has 0 saturated carbocycles. The van der Waals surface area contributed by atoms with Crippen molar-refractivity contribution in [3.8, 4) is 0 Å². The van der Waals surface area contributed by atoms with E-state index < -0.39 is 0 Å². The van der Waals surface area contributed by atoms with Gasteiger partial charge < -0.3 is 10.4 Å². The van der Waals surface area contributed by atoms with Gasteiger partial charge in [-0.25, -0.2) is 0 Å². The number of hydrogen-bond acceptors (Lipinski definition) is 3. The lowest BCUT2D eigenvalue weighted by atomic mass is 10.0. The van der Waals surface area contributed by atoms with Gasteiger partial charge in [0.25, 0.3) is 0 Å². The Kier molecular flexibility index (Phi) is 7.34. The molecule has 1 unspecified atom stereocenters. The van der Waals surface area contributed by atoms with Crippen molar-refractivity contribution in [2.24, 2.45) is 5.92 Å². The first-order valence-corrected chi connectivity index (χ1v) is 6.01. The number of hydrogen-bond donors (Lipinski definition) is 2. The van der Waals surface area contributed by atoms with Crippen molar-refractivity contribution >= 4 is 5.91 Å². The smallest absolute Gasteiger partial charge is 0.237 e. The van der Waals surface area contributed by atoms with Gasteiger partial charge in [-0.1, -0.05) is 20.8 Å². The zero-order chi connectivity index (χ0) is 12.7. The lowest BCUT2D eigenvalue weighted by Crippen LogP contribution is -2.48. The van der Waals surface area contributed by atoms with Gasteiger partial charge in [-0.2, -0.15) is 0 Å². The number of likely N-dealkylation sites (N-methyl/N-ethyl adjacent to an activating group) is 1. The first-order valence-electron chi connectivity index (χ1n) is 6.01. The van der Waals surface area contributed by atoms with Crippen LogP contribution in [-0.4, -0.2) is 48.7 Å². The van der Waals surface area contributed by atoms with Crippen LogP contribution in [-0.2, 0) is 4.79 Å². The lowest BCUT2D eigenvalue weighted by Gasteiger charge is -2.27. The topological polar surface area (TPSA) is 52.6 Å². The molecule has 0 spiro atoms. The molecule has 16 heavy (non-hydrogen) atoms. The van der Waals surface area contributed by atoms with Gasteiger partial charge >= 0.3 is 0 Å². The van der Waals surface area contributed by atoms with Crippen molar-refractivity contribution in [2.45, 2.75) is 45.7 Å². The predicted octanol–water partition coefficient (Wildman–Crippen LogP) is 0.850. The first-order chi connectivity index (χ1) is 7.43. The third-order valence-electron chi connectivity index (χ3n) is 2.89. The number of aliphatic hydroxyl groups excluding tert-OH is 1. The maximum absolute atomic E-state index is 12.0. The Morgan fingerprint density at radius 2 is 1.94 bits per heavy atom. The molecule has 0 aromatic carbocycles. The Bertz CT molecular complexity index is 205. The van der Waals surface area contributed by atoms with Gasteiger partial charge in [0.2, 0.25) is 5.91 Å². The summed E-state index contributed by atoms with van der Waals surface area (Å²) in [6, 6.07) is -0.0218. The van der Waals surface area contributed by atoms with E-state index in [2.05, 4.69) is 19.2 Å². The fraction of sp³-hybridized carbons (Fsp3) is 0.917. The zero-order valence-electron chi connectivity index (χ0n) is 11.2. The number of carbonyl (C=O) groups is 1. The van der Waals surface area contributed by atoms with Gasteiger partial charge in [0.05, 0.1) is 6.04 Å². The Balaban J connectivity index is 4.37. The SMILES string of the molecule is CC[C@H](C(=O)NC(CCO)C(C)C)N(C)C. The molecule has 0 radical (unpaired) electrons. The maximum Gasteiger partial charge on any atom is 0.237 e.